The molecule has 92 valence electrons. The summed E-state index contributed by atoms with van der Waals surface area (Å²) >= 11 is 0. The number of rotatable bonds is 8. The van der Waals surface area contributed by atoms with Crippen LogP contribution >= 0.6 is 0 Å². The molecule has 0 atom stereocenters. The maximum atomic E-state index is 11.9. The van der Waals surface area contributed by atoms with E-state index in [4.69, 9.17) is 5.11 Å². The van der Waals surface area contributed by atoms with Crippen molar-refractivity contribution < 1.29 is 9.90 Å². The fourth-order valence-corrected chi connectivity index (χ4v) is 1.83. The summed E-state index contributed by atoms with van der Waals surface area (Å²) in [6.45, 7) is 5.45. The molecule has 1 saturated carbocycles. The molecule has 0 radical (unpaired) electrons. The normalized spacial score (nSPS) is 15.6. The minimum absolute atomic E-state index is 0.139. The van der Waals surface area contributed by atoms with Gasteiger partial charge in [-0.2, -0.15) is 0 Å². The summed E-state index contributed by atoms with van der Waals surface area (Å²) in [5.41, 5.74) is 0. The quantitative estimate of drug-likeness (QED) is 0.469. The number of hydrogen-bond acceptors (Lipinski definition) is 3. The molecule has 1 aliphatic rings. The van der Waals surface area contributed by atoms with Crippen molar-refractivity contribution in [3.8, 4) is 0 Å². The van der Waals surface area contributed by atoms with Gasteiger partial charge in [-0.3, -0.25) is 4.79 Å². The first-order valence-electron chi connectivity index (χ1n) is 6.01. The predicted molar refractivity (Wildman–Crippen MR) is 64.1 cm³/mol. The molecule has 0 bridgehead atoms. The minimum atomic E-state index is 0.139. The Bertz CT molecular complexity index is 227. The molecule has 2 N–H and O–H groups in total. The van der Waals surface area contributed by atoms with Crippen LogP contribution in [0.4, 0.5) is 0 Å². The van der Waals surface area contributed by atoms with Crippen LogP contribution in [0.1, 0.15) is 25.7 Å². The molecule has 1 rings (SSSR count). The van der Waals surface area contributed by atoms with E-state index in [-0.39, 0.29) is 12.5 Å². The van der Waals surface area contributed by atoms with Crippen LogP contribution in [0.3, 0.4) is 0 Å². The fourth-order valence-electron chi connectivity index (χ4n) is 1.83. The van der Waals surface area contributed by atoms with Crippen molar-refractivity contribution in [1.82, 2.24) is 10.2 Å². The van der Waals surface area contributed by atoms with Gasteiger partial charge in [0.05, 0.1) is 6.54 Å². The molecule has 0 aliphatic heterocycles. The lowest BCUT2D eigenvalue weighted by Gasteiger charge is -2.37. The monoisotopic (exact) mass is 226 g/mol. The van der Waals surface area contributed by atoms with Gasteiger partial charge in [0.15, 0.2) is 0 Å². The van der Waals surface area contributed by atoms with E-state index in [1.807, 2.05) is 4.90 Å². The SMILES string of the molecule is C=CCNCC(=O)N(CCCO)C1CCC1. The molecular formula is C12H22N2O2. The molecule has 16 heavy (non-hydrogen) atoms. The summed E-state index contributed by atoms with van der Waals surface area (Å²) in [6.07, 6.45) is 5.85. The first kappa shape index (κ1) is 13.2. The van der Waals surface area contributed by atoms with Gasteiger partial charge < -0.3 is 15.3 Å². The molecule has 4 heteroatoms. The zero-order valence-corrected chi connectivity index (χ0v) is 9.82. The summed E-state index contributed by atoms with van der Waals surface area (Å²) in [5.74, 6) is 0.139. The van der Waals surface area contributed by atoms with E-state index in [1.165, 1.54) is 6.42 Å². The number of aliphatic hydroxyl groups excluding tert-OH is 1. The van der Waals surface area contributed by atoms with Crippen molar-refractivity contribution in [3.05, 3.63) is 12.7 Å². The summed E-state index contributed by atoms with van der Waals surface area (Å²) in [7, 11) is 0. The summed E-state index contributed by atoms with van der Waals surface area (Å²) in [6, 6.07) is 0.407. The van der Waals surface area contributed by atoms with Crippen LogP contribution in [0, 0.1) is 0 Å². The van der Waals surface area contributed by atoms with Crippen LogP contribution in [0.5, 0.6) is 0 Å². The Morgan fingerprint density at radius 2 is 2.31 bits per heavy atom. The lowest BCUT2D eigenvalue weighted by Crippen LogP contribution is -2.48. The van der Waals surface area contributed by atoms with Crippen molar-refractivity contribution in [2.45, 2.75) is 31.7 Å². The lowest BCUT2D eigenvalue weighted by molar-refractivity contribution is -0.134. The zero-order valence-electron chi connectivity index (χ0n) is 9.82. The van der Waals surface area contributed by atoms with Crippen molar-refractivity contribution in [3.63, 3.8) is 0 Å². The zero-order chi connectivity index (χ0) is 11.8. The topological polar surface area (TPSA) is 52.6 Å². The molecular weight excluding hydrogens is 204 g/mol. The second kappa shape index (κ2) is 7.41. The Morgan fingerprint density at radius 1 is 1.56 bits per heavy atom. The maximum absolute atomic E-state index is 11.9. The molecule has 4 nitrogen and oxygen atoms in total. The lowest BCUT2D eigenvalue weighted by atomic mass is 9.91. The first-order valence-corrected chi connectivity index (χ1v) is 6.01. The van der Waals surface area contributed by atoms with Crippen molar-refractivity contribution >= 4 is 5.91 Å². The molecule has 0 aromatic heterocycles. The summed E-state index contributed by atoms with van der Waals surface area (Å²) in [5, 5.41) is 11.8. The third-order valence-corrected chi connectivity index (χ3v) is 2.96. The molecule has 0 unspecified atom stereocenters. The van der Waals surface area contributed by atoms with E-state index >= 15 is 0 Å². The van der Waals surface area contributed by atoms with Crippen LogP contribution in [-0.4, -0.2) is 48.2 Å². The Kier molecular flexibility index (Phi) is 6.11. The number of amides is 1. The van der Waals surface area contributed by atoms with Gasteiger partial charge in [-0.15, -0.1) is 6.58 Å². The molecule has 0 heterocycles. The smallest absolute Gasteiger partial charge is 0.236 e. The third-order valence-electron chi connectivity index (χ3n) is 2.96. The average Bonchev–Trinajstić information content (AvgIpc) is 2.21. The first-order chi connectivity index (χ1) is 7.79. The largest absolute Gasteiger partial charge is 0.396 e. The van der Waals surface area contributed by atoms with E-state index in [1.54, 1.807) is 6.08 Å². The molecule has 0 spiro atoms. The van der Waals surface area contributed by atoms with Crippen LogP contribution in [0.15, 0.2) is 12.7 Å². The number of hydrogen-bond donors (Lipinski definition) is 2. The van der Waals surface area contributed by atoms with Crippen LogP contribution in [-0.2, 0) is 4.79 Å². The van der Waals surface area contributed by atoms with Gasteiger partial charge in [0.1, 0.15) is 0 Å². The highest BCUT2D eigenvalue weighted by Gasteiger charge is 2.27. The molecule has 0 saturated heterocycles. The highest BCUT2D eigenvalue weighted by Crippen LogP contribution is 2.24. The summed E-state index contributed by atoms with van der Waals surface area (Å²) < 4.78 is 0. The standard InChI is InChI=1S/C12H22N2O2/c1-2-7-13-10-12(16)14(8-4-9-15)11-5-3-6-11/h2,11,13,15H,1,3-10H2. The van der Waals surface area contributed by atoms with Gasteiger partial charge in [0.25, 0.3) is 0 Å². The van der Waals surface area contributed by atoms with E-state index in [0.717, 1.165) is 12.8 Å². The highest BCUT2D eigenvalue weighted by molar-refractivity contribution is 5.78. The summed E-state index contributed by atoms with van der Waals surface area (Å²) in [4.78, 5) is 13.8. The highest BCUT2D eigenvalue weighted by atomic mass is 16.3. The van der Waals surface area contributed by atoms with Crippen molar-refractivity contribution in [1.29, 1.82) is 0 Å². The number of carbonyl (C=O) groups excluding carboxylic acids is 1. The molecule has 1 aliphatic carbocycles. The van der Waals surface area contributed by atoms with Gasteiger partial charge in [0, 0.05) is 25.7 Å². The van der Waals surface area contributed by atoms with Crippen LogP contribution in [0.25, 0.3) is 0 Å². The molecule has 1 fully saturated rings. The van der Waals surface area contributed by atoms with Gasteiger partial charge in [0.2, 0.25) is 5.91 Å². The maximum Gasteiger partial charge on any atom is 0.236 e. The Balaban J connectivity index is 2.33. The Hall–Kier alpha value is -0.870. The number of nitrogens with zero attached hydrogens (tertiary/aromatic N) is 1. The number of aliphatic hydroxyl groups is 1. The molecule has 0 aromatic rings. The van der Waals surface area contributed by atoms with E-state index < -0.39 is 0 Å². The minimum Gasteiger partial charge on any atom is -0.396 e. The number of carbonyl (C=O) groups is 1. The second-order valence-corrected chi connectivity index (χ2v) is 4.17. The molecule has 1 amide bonds. The van der Waals surface area contributed by atoms with Crippen LogP contribution < -0.4 is 5.32 Å². The van der Waals surface area contributed by atoms with Gasteiger partial charge in [-0.1, -0.05) is 6.08 Å². The van der Waals surface area contributed by atoms with Crippen molar-refractivity contribution in [2.24, 2.45) is 0 Å². The second-order valence-electron chi connectivity index (χ2n) is 4.17. The Morgan fingerprint density at radius 3 is 2.81 bits per heavy atom. The average molecular weight is 226 g/mol. The predicted octanol–water partition coefficient (Wildman–Crippen LogP) is 0.525. The number of nitrogens with one attached hydrogen (secondary N) is 1. The fraction of sp³-hybridized carbons (Fsp3) is 0.750. The van der Waals surface area contributed by atoms with Crippen LogP contribution in [0.2, 0.25) is 0 Å². The van der Waals surface area contributed by atoms with Gasteiger partial charge >= 0.3 is 0 Å². The molecule has 0 aromatic carbocycles. The van der Waals surface area contributed by atoms with E-state index in [0.29, 0.717) is 32.1 Å². The van der Waals surface area contributed by atoms with Gasteiger partial charge in [-0.25, -0.2) is 0 Å². The van der Waals surface area contributed by atoms with Gasteiger partial charge in [-0.05, 0) is 25.7 Å². The third kappa shape index (κ3) is 3.94. The van der Waals surface area contributed by atoms with E-state index in [9.17, 15) is 4.79 Å². The Labute approximate surface area is 97.3 Å². The van der Waals surface area contributed by atoms with Crippen molar-refractivity contribution in [2.75, 3.05) is 26.2 Å². The van der Waals surface area contributed by atoms with E-state index in [2.05, 4.69) is 11.9 Å².